The zero-order valence-corrected chi connectivity index (χ0v) is 16.1. The first-order chi connectivity index (χ1) is 14.4. The number of hydrogen-bond donors (Lipinski definition) is 1. The second kappa shape index (κ2) is 9.29. The Bertz CT molecular complexity index is 935. The average Bonchev–Trinajstić information content (AvgIpc) is 3.19. The van der Waals surface area contributed by atoms with Crippen LogP contribution in [0.1, 0.15) is 22.8 Å². The minimum absolute atomic E-state index is 0.0651. The summed E-state index contributed by atoms with van der Waals surface area (Å²) in [4.78, 5) is 24.7. The fraction of sp³-hybridized carbons (Fsp3) is 0.300. The number of para-hydroxylation sites is 1. The number of ether oxygens (including phenoxy) is 5. The van der Waals surface area contributed by atoms with Crippen molar-refractivity contribution in [2.75, 3.05) is 13.9 Å². The molecule has 0 radical (unpaired) electrons. The lowest BCUT2D eigenvalue weighted by Gasteiger charge is -2.16. The molecule has 1 aliphatic heterocycles. The highest BCUT2D eigenvalue weighted by atomic mass is 19.3. The fourth-order valence-corrected chi connectivity index (χ4v) is 2.71. The third-order valence-corrected chi connectivity index (χ3v) is 4.18. The molecule has 0 saturated heterocycles. The molecule has 30 heavy (non-hydrogen) atoms. The molecule has 1 aliphatic rings. The lowest BCUT2D eigenvalue weighted by molar-refractivity contribution is -0.129. The first-order valence-electron chi connectivity index (χ1n) is 8.88. The van der Waals surface area contributed by atoms with E-state index in [-0.39, 0.29) is 24.7 Å². The first kappa shape index (κ1) is 21.2. The van der Waals surface area contributed by atoms with Gasteiger partial charge >= 0.3 is 12.6 Å². The average molecular weight is 423 g/mol. The molecule has 2 aromatic rings. The van der Waals surface area contributed by atoms with Gasteiger partial charge in [-0.3, -0.25) is 4.79 Å². The van der Waals surface area contributed by atoms with Crippen molar-refractivity contribution in [2.45, 2.75) is 26.2 Å². The molecule has 2 aromatic carbocycles. The monoisotopic (exact) mass is 423 g/mol. The molecule has 1 N–H and O–H groups in total. The van der Waals surface area contributed by atoms with Gasteiger partial charge in [-0.15, -0.1) is 0 Å². The van der Waals surface area contributed by atoms with Crippen molar-refractivity contribution in [3.05, 3.63) is 47.5 Å². The number of alkyl halides is 2. The number of halogens is 2. The smallest absolute Gasteiger partial charge is 0.387 e. The number of rotatable bonds is 8. The van der Waals surface area contributed by atoms with Gasteiger partial charge in [0.2, 0.25) is 6.79 Å². The van der Waals surface area contributed by atoms with Crippen molar-refractivity contribution in [3.63, 3.8) is 0 Å². The van der Waals surface area contributed by atoms with E-state index in [0.29, 0.717) is 11.5 Å². The second-order valence-corrected chi connectivity index (χ2v) is 6.17. The van der Waals surface area contributed by atoms with Crippen molar-refractivity contribution in [1.29, 1.82) is 0 Å². The first-order valence-corrected chi connectivity index (χ1v) is 8.88. The Kier molecular flexibility index (Phi) is 6.55. The van der Waals surface area contributed by atoms with E-state index in [0.717, 1.165) is 5.56 Å². The van der Waals surface area contributed by atoms with Gasteiger partial charge in [-0.25, -0.2) is 4.79 Å². The zero-order chi connectivity index (χ0) is 21.7. The maximum absolute atomic E-state index is 12.7. The number of carbonyl (C=O) groups excluding carboxylic acids is 2. The van der Waals surface area contributed by atoms with Crippen molar-refractivity contribution >= 4 is 11.9 Å². The molecule has 1 heterocycles. The fourth-order valence-electron chi connectivity index (χ4n) is 2.71. The van der Waals surface area contributed by atoms with Crippen molar-refractivity contribution in [1.82, 2.24) is 5.32 Å². The Morgan fingerprint density at radius 3 is 2.67 bits per heavy atom. The minimum Gasteiger partial charge on any atom is -0.493 e. The van der Waals surface area contributed by atoms with E-state index in [1.165, 1.54) is 32.2 Å². The predicted octanol–water partition coefficient (Wildman–Crippen LogP) is 2.89. The molecular formula is C20H19F2NO7. The van der Waals surface area contributed by atoms with E-state index in [9.17, 15) is 18.4 Å². The summed E-state index contributed by atoms with van der Waals surface area (Å²) in [7, 11) is 1.25. The van der Waals surface area contributed by atoms with Gasteiger partial charge in [0.25, 0.3) is 5.91 Å². The van der Waals surface area contributed by atoms with Crippen LogP contribution in [0.25, 0.3) is 0 Å². The van der Waals surface area contributed by atoms with Gasteiger partial charge in [0, 0.05) is 6.54 Å². The predicted molar refractivity (Wildman–Crippen MR) is 98.9 cm³/mol. The van der Waals surface area contributed by atoms with Gasteiger partial charge in [-0.2, -0.15) is 8.78 Å². The standard InChI is InChI=1S/C20H19F2NO7/c1-11(18(24)23-9-12-6-7-14-16(8-12)28-10-27-14)29-19(25)13-4-3-5-15(26-2)17(13)30-20(21)22/h3-8,11,20H,9-10H2,1-2H3,(H,23,24). The summed E-state index contributed by atoms with van der Waals surface area (Å²) in [5.41, 5.74) is 0.469. The number of hydrogen-bond acceptors (Lipinski definition) is 7. The van der Waals surface area contributed by atoms with Crippen molar-refractivity contribution < 1.29 is 42.1 Å². The third kappa shape index (κ3) is 4.88. The number of carbonyl (C=O) groups is 2. The summed E-state index contributed by atoms with van der Waals surface area (Å²) in [6.45, 7) is -1.51. The van der Waals surface area contributed by atoms with Gasteiger partial charge < -0.3 is 29.0 Å². The lowest BCUT2D eigenvalue weighted by atomic mass is 10.2. The minimum atomic E-state index is -3.17. The molecule has 1 atom stereocenters. The number of nitrogens with one attached hydrogen (secondary N) is 1. The normalized spacial score (nSPS) is 13.0. The number of amides is 1. The molecule has 8 nitrogen and oxygen atoms in total. The van der Waals surface area contributed by atoms with Crippen LogP contribution in [-0.2, 0) is 16.1 Å². The van der Waals surface area contributed by atoms with E-state index < -0.39 is 30.3 Å². The Morgan fingerprint density at radius 2 is 1.93 bits per heavy atom. The van der Waals surface area contributed by atoms with E-state index in [2.05, 4.69) is 10.1 Å². The van der Waals surface area contributed by atoms with Crippen molar-refractivity contribution in [2.24, 2.45) is 0 Å². The summed E-state index contributed by atoms with van der Waals surface area (Å²) < 4.78 is 50.3. The summed E-state index contributed by atoms with van der Waals surface area (Å²) in [5.74, 6) is -0.911. The van der Waals surface area contributed by atoms with Crippen LogP contribution in [0.4, 0.5) is 8.78 Å². The molecule has 160 valence electrons. The van der Waals surface area contributed by atoms with E-state index in [4.69, 9.17) is 18.9 Å². The summed E-state index contributed by atoms with van der Waals surface area (Å²) >= 11 is 0. The van der Waals surface area contributed by atoms with Crippen LogP contribution >= 0.6 is 0 Å². The number of benzene rings is 2. The number of fused-ring (bicyclic) bond motifs is 1. The van der Waals surface area contributed by atoms with Gasteiger partial charge in [0.05, 0.1) is 7.11 Å². The lowest BCUT2D eigenvalue weighted by Crippen LogP contribution is -2.35. The summed E-state index contributed by atoms with van der Waals surface area (Å²) in [6, 6.07) is 9.21. The Morgan fingerprint density at radius 1 is 1.17 bits per heavy atom. The highest BCUT2D eigenvalue weighted by Crippen LogP contribution is 2.33. The molecule has 0 fully saturated rings. The molecule has 0 aromatic heterocycles. The van der Waals surface area contributed by atoms with Gasteiger partial charge in [0.1, 0.15) is 5.56 Å². The summed E-state index contributed by atoms with van der Waals surface area (Å²) in [5, 5.41) is 2.63. The van der Waals surface area contributed by atoms with Gasteiger partial charge in [0.15, 0.2) is 29.1 Å². The van der Waals surface area contributed by atoms with Crippen LogP contribution in [0.2, 0.25) is 0 Å². The zero-order valence-electron chi connectivity index (χ0n) is 16.1. The van der Waals surface area contributed by atoms with Crippen LogP contribution < -0.4 is 24.3 Å². The van der Waals surface area contributed by atoms with Crippen LogP contribution in [0.15, 0.2) is 36.4 Å². The van der Waals surface area contributed by atoms with Gasteiger partial charge in [-0.05, 0) is 36.8 Å². The Hall–Kier alpha value is -3.56. The molecule has 10 heteroatoms. The van der Waals surface area contributed by atoms with Gasteiger partial charge in [-0.1, -0.05) is 12.1 Å². The molecule has 0 aliphatic carbocycles. The maximum Gasteiger partial charge on any atom is 0.387 e. The molecule has 0 saturated carbocycles. The largest absolute Gasteiger partial charge is 0.493 e. The quantitative estimate of drug-likeness (QED) is 0.653. The van der Waals surface area contributed by atoms with E-state index >= 15 is 0 Å². The van der Waals surface area contributed by atoms with Crippen LogP contribution in [0, 0.1) is 0 Å². The molecular weight excluding hydrogens is 404 g/mol. The summed E-state index contributed by atoms with van der Waals surface area (Å²) in [6.07, 6.45) is -1.18. The highest BCUT2D eigenvalue weighted by Gasteiger charge is 2.25. The molecule has 1 amide bonds. The second-order valence-electron chi connectivity index (χ2n) is 6.17. The van der Waals surface area contributed by atoms with Crippen LogP contribution in [0.3, 0.4) is 0 Å². The van der Waals surface area contributed by atoms with E-state index in [1.807, 2.05) is 0 Å². The van der Waals surface area contributed by atoms with Crippen molar-refractivity contribution in [3.8, 4) is 23.0 Å². The highest BCUT2D eigenvalue weighted by molar-refractivity contribution is 5.95. The van der Waals surface area contributed by atoms with Crippen LogP contribution in [-0.4, -0.2) is 38.5 Å². The maximum atomic E-state index is 12.7. The van der Waals surface area contributed by atoms with E-state index in [1.54, 1.807) is 18.2 Å². The molecule has 0 spiro atoms. The molecule has 0 bridgehead atoms. The Balaban J connectivity index is 1.62. The molecule has 1 unspecified atom stereocenters. The van der Waals surface area contributed by atoms with Crippen LogP contribution in [0.5, 0.6) is 23.0 Å². The number of esters is 1. The third-order valence-electron chi connectivity index (χ3n) is 4.18. The molecule has 3 rings (SSSR count). The SMILES string of the molecule is COc1cccc(C(=O)OC(C)C(=O)NCc2ccc3c(c2)OCO3)c1OC(F)F. The number of methoxy groups -OCH3 is 1. The topological polar surface area (TPSA) is 92.3 Å². The Labute approximate surface area is 170 Å².